The number of carbonyl (C=O) groups excluding carboxylic acids is 2. The Labute approximate surface area is 135 Å². The van der Waals surface area contributed by atoms with Crippen molar-refractivity contribution in [2.75, 3.05) is 11.4 Å². The first-order chi connectivity index (χ1) is 9.41. The first-order valence-corrected chi connectivity index (χ1v) is 8.05. The van der Waals surface area contributed by atoms with Crippen molar-refractivity contribution in [1.29, 1.82) is 0 Å². The fraction of sp³-hybridized carbons (Fsp3) is 0.429. The van der Waals surface area contributed by atoms with Crippen LogP contribution in [0.25, 0.3) is 0 Å². The van der Waals surface area contributed by atoms with Crippen molar-refractivity contribution in [1.82, 2.24) is 5.32 Å². The Balaban J connectivity index is 2.44. The molecule has 1 atom stereocenters. The van der Waals surface area contributed by atoms with Crippen molar-refractivity contribution >= 4 is 49.4 Å². The van der Waals surface area contributed by atoms with Crippen molar-refractivity contribution in [2.24, 2.45) is 5.92 Å². The molecule has 20 heavy (non-hydrogen) atoms. The summed E-state index contributed by atoms with van der Waals surface area (Å²) >= 11 is 6.96. The van der Waals surface area contributed by atoms with Crippen LogP contribution >= 0.6 is 31.9 Å². The zero-order chi connectivity index (χ0) is 14.9. The Morgan fingerprint density at radius 1 is 1.25 bits per heavy atom. The molecule has 2 rings (SSSR count). The number of hydrogen-bond acceptors (Lipinski definition) is 2. The van der Waals surface area contributed by atoms with Crippen LogP contribution in [0.15, 0.2) is 27.1 Å². The molecule has 1 N–H and O–H groups in total. The second-order valence-electron chi connectivity index (χ2n) is 5.10. The van der Waals surface area contributed by atoms with E-state index in [1.807, 2.05) is 32.0 Å². The highest BCUT2D eigenvalue weighted by Gasteiger charge is 2.34. The third kappa shape index (κ3) is 3.06. The van der Waals surface area contributed by atoms with Crippen molar-refractivity contribution in [3.63, 3.8) is 0 Å². The van der Waals surface area contributed by atoms with Crippen LogP contribution in [0.5, 0.6) is 0 Å². The van der Waals surface area contributed by atoms with E-state index in [4.69, 9.17) is 0 Å². The first kappa shape index (κ1) is 15.5. The van der Waals surface area contributed by atoms with E-state index < -0.39 is 6.04 Å². The van der Waals surface area contributed by atoms with E-state index in [1.54, 1.807) is 4.90 Å². The summed E-state index contributed by atoms with van der Waals surface area (Å²) < 4.78 is 1.66. The highest BCUT2D eigenvalue weighted by atomic mass is 79.9. The van der Waals surface area contributed by atoms with E-state index in [2.05, 4.69) is 37.2 Å². The maximum atomic E-state index is 12.7. The van der Waals surface area contributed by atoms with Crippen molar-refractivity contribution in [3.8, 4) is 0 Å². The maximum Gasteiger partial charge on any atom is 0.249 e. The lowest BCUT2D eigenvalue weighted by Crippen LogP contribution is -2.48. The Morgan fingerprint density at radius 2 is 1.85 bits per heavy atom. The number of nitrogens with zero attached hydrogens (tertiary/aromatic N) is 1. The van der Waals surface area contributed by atoms with E-state index in [-0.39, 0.29) is 17.7 Å². The average Bonchev–Trinajstić information content (AvgIpc) is 2.51. The summed E-state index contributed by atoms with van der Waals surface area (Å²) in [4.78, 5) is 26.2. The minimum Gasteiger partial charge on any atom is -0.344 e. The van der Waals surface area contributed by atoms with Gasteiger partial charge in [0.1, 0.15) is 6.04 Å². The minimum atomic E-state index is -0.482. The molecule has 0 aromatic heterocycles. The molecule has 1 saturated heterocycles. The van der Waals surface area contributed by atoms with Crippen LogP contribution in [-0.4, -0.2) is 24.4 Å². The van der Waals surface area contributed by atoms with Gasteiger partial charge in [0, 0.05) is 21.9 Å². The SMILES string of the molecule is CC(C)C1NC(=O)CCN(c2c(Br)cccc2Br)C1=O. The zero-order valence-electron chi connectivity index (χ0n) is 11.3. The monoisotopic (exact) mass is 402 g/mol. The molecule has 1 aromatic carbocycles. The number of carbonyl (C=O) groups is 2. The number of anilines is 1. The van der Waals surface area contributed by atoms with E-state index in [1.165, 1.54) is 0 Å². The van der Waals surface area contributed by atoms with Gasteiger partial charge < -0.3 is 10.2 Å². The Hall–Kier alpha value is -0.880. The summed E-state index contributed by atoms with van der Waals surface area (Å²) in [7, 11) is 0. The van der Waals surface area contributed by atoms with Crippen LogP contribution in [0.2, 0.25) is 0 Å². The van der Waals surface area contributed by atoms with Gasteiger partial charge in [-0.05, 0) is 49.9 Å². The van der Waals surface area contributed by atoms with Crippen molar-refractivity contribution in [3.05, 3.63) is 27.1 Å². The predicted molar refractivity (Wildman–Crippen MR) is 85.6 cm³/mol. The molecule has 0 spiro atoms. The molecule has 1 fully saturated rings. The second-order valence-corrected chi connectivity index (χ2v) is 6.81. The molecule has 2 amide bonds. The maximum absolute atomic E-state index is 12.7. The average molecular weight is 404 g/mol. The first-order valence-electron chi connectivity index (χ1n) is 6.46. The minimum absolute atomic E-state index is 0.0494. The van der Waals surface area contributed by atoms with E-state index in [9.17, 15) is 9.59 Å². The molecular formula is C14H16Br2N2O2. The van der Waals surface area contributed by atoms with Crippen LogP contribution < -0.4 is 10.2 Å². The van der Waals surface area contributed by atoms with E-state index in [0.29, 0.717) is 13.0 Å². The lowest BCUT2D eigenvalue weighted by molar-refractivity contribution is -0.126. The highest BCUT2D eigenvalue weighted by Crippen LogP contribution is 2.35. The Kier molecular flexibility index (Phi) is 4.86. The number of halogens is 2. The van der Waals surface area contributed by atoms with Gasteiger partial charge >= 0.3 is 0 Å². The normalized spacial score (nSPS) is 20.1. The second kappa shape index (κ2) is 6.26. The third-order valence-corrected chi connectivity index (χ3v) is 4.56. The van der Waals surface area contributed by atoms with E-state index in [0.717, 1.165) is 14.6 Å². The van der Waals surface area contributed by atoms with Gasteiger partial charge in [-0.2, -0.15) is 0 Å². The van der Waals surface area contributed by atoms with Crippen LogP contribution in [0.1, 0.15) is 20.3 Å². The quantitative estimate of drug-likeness (QED) is 0.824. The lowest BCUT2D eigenvalue weighted by atomic mass is 10.0. The smallest absolute Gasteiger partial charge is 0.249 e. The molecule has 1 aliphatic rings. The number of benzene rings is 1. The Bertz CT molecular complexity index is 526. The van der Waals surface area contributed by atoms with Gasteiger partial charge in [0.05, 0.1) is 5.69 Å². The molecule has 1 aliphatic heterocycles. The van der Waals surface area contributed by atoms with Gasteiger partial charge in [0.15, 0.2) is 0 Å². The zero-order valence-corrected chi connectivity index (χ0v) is 14.5. The van der Waals surface area contributed by atoms with Gasteiger partial charge in [-0.25, -0.2) is 0 Å². The van der Waals surface area contributed by atoms with Crippen molar-refractivity contribution < 1.29 is 9.59 Å². The summed E-state index contributed by atoms with van der Waals surface area (Å²) in [5, 5.41) is 2.81. The van der Waals surface area contributed by atoms with Gasteiger partial charge in [0.2, 0.25) is 11.8 Å². The number of rotatable bonds is 2. The molecule has 1 heterocycles. The summed E-state index contributed by atoms with van der Waals surface area (Å²) in [6.45, 7) is 4.25. The molecule has 0 saturated carbocycles. The molecule has 0 radical (unpaired) electrons. The largest absolute Gasteiger partial charge is 0.344 e. The van der Waals surface area contributed by atoms with Crippen LogP contribution in [0.4, 0.5) is 5.69 Å². The fourth-order valence-corrected chi connectivity index (χ4v) is 3.65. The van der Waals surface area contributed by atoms with Gasteiger partial charge in [-0.3, -0.25) is 9.59 Å². The Morgan fingerprint density at radius 3 is 2.40 bits per heavy atom. The topological polar surface area (TPSA) is 49.4 Å². The van der Waals surface area contributed by atoms with Crippen LogP contribution in [0.3, 0.4) is 0 Å². The molecule has 1 aromatic rings. The molecule has 0 bridgehead atoms. The van der Waals surface area contributed by atoms with E-state index >= 15 is 0 Å². The number of hydrogen-bond donors (Lipinski definition) is 1. The van der Waals surface area contributed by atoms with Crippen molar-refractivity contribution in [2.45, 2.75) is 26.3 Å². The standard InChI is InChI=1S/C14H16Br2N2O2/c1-8(2)12-14(20)18(7-6-11(19)17-12)13-9(15)4-3-5-10(13)16/h3-5,8,12H,6-7H2,1-2H3,(H,17,19). The highest BCUT2D eigenvalue weighted by molar-refractivity contribution is 9.11. The summed E-state index contributed by atoms with van der Waals surface area (Å²) in [6.07, 6.45) is 0.308. The summed E-state index contributed by atoms with van der Waals surface area (Å²) in [5.41, 5.74) is 0.777. The lowest BCUT2D eigenvalue weighted by Gasteiger charge is -2.27. The molecule has 4 nitrogen and oxygen atoms in total. The molecule has 6 heteroatoms. The molecular weight excluding hydrogens is 388 g/mol. The number of amides is 2. The predicted octanol–water partition coefficient (Wildman–Crippen LogP) is 3.09. The molecule has 108 valence electrons. The molecule has 1 unspecified atom stereocenters. The fourth-order valence-electron chi connectivity index (χ4n) is 2.22. The van der Waals surface area contributed by atoms with Crippen LogP contribution in [-0.2, 0) is 9.59 Å². The van der Waals surface area contributed by atoms with Gasteiger partial charge in [-0.15, -0.1) is 0 Å². The third-order valence-electron chi connectivity index (χ3n) is 3.29. The summed E-state index contributed by atoms with van der Waals surface area (Å²) in [5.74, 6) is -0.102. The van der Waals surface area contributed by atoms with Gasteiger partial charge in [0.25, 0.3) is 0 Å². The molecule has 0 aliphatic carbocycles. The number of para-hydroxylation sites is 1. The number of nitrogens with one attached hydrogen (secondary N) is 1. The summed E-state index contributed by atoms with van der Waals surface area (Å²) in [6, 6.07) is 5.18. The van der Waals surface area contributed by atoms with Gasteiger partial charge in [-0.1, -0.05) is 19.9 Å². The van der Waals surface area contributed by atoms with Crippen LogP contribution in [0, 0.1) is 5.92 Å².